The second-order valence-corrected chi connectivity index (χ2v) is 5.60. The molecule has 6 nitrogen and oxygen atoms in total. The summed E-state index contributed by atoms with van der Waals surface area (Å²) in [5.41, 5.74) is 3.40. The fourth-order valence-electron chi connectivity index (χ4n) is 2.29. The molecule has 1 amide bonds. The van der Waals surface area contributed by atoms with Crippen molar-refractivity contribution in [3.8, 4) is 0 Å². The number of nitrogens with zero attached hydrogens (tertiary/aromatic N) is 1. The highest BCUT2D eigenvalue weighted by Crippen LogP contribution is 2.14. The molecule has 0 aliphatic rings. The van der Waals surface area contributed by atoms with E-state index in [1.165, 1.54) is 6.07 Å². The summed E-state index contributed by atoms with van der Waals surface area (Å²) < 4.78 is 0.185. The van der Waals surface area contributed by atoms with Crippen LogP contribution < -0.4 is 11.0 Å². The van der Waals surface area contributed by atoms with Crippen molar-refractivity contribution in [3.63, 3.8) is 0 Å². The number of fused-ring (bicyclic) bond motifs is 1. The number of amides is 1. The Morgan fingerprint density at radius 3 is 2.71 bits per heavy atom. The van der Waals surface area contributed by atoms with Gasteiger partial charge in [0.25, 0.3) is 5.56 Å². The van der Waals surface area contributed by atoms with Gasteiger partial charge in [0.15, 0.2) is 4.77 Å². The number of benzene rings is 2. The predicted octanol–water partition coefficient (Wildman–Crippen LogP) is 2.28. The smallest absolute Gasteiger partial charge is 0.251 e. The van der Waals surface area contributed by atoms with Crippen LogP contribution >= 0.6 is 12.2 Å². The minimum absolute atomic E-state index is 0.0113. The van der Waals surface area contributed by atoms with Crippen LogP contribution in [0, 0.1) is 4.77 Å². The SMILES string of the molecule is O=C(Cc1cc(=O)[nH]c(=S)[nH]1)N/N=C\c1ccc2ccccc2c1. The van der Waals surface area contributed by atoms with Gasteiger partial charge in [-0.05, 0) is 34.6 Å². The molecule has 1 aromatic heterocycles. The van der Waals surface area contributed by atoms with Gasteiger partial charge in [0.1, 0.15) is 0 Å². The third kappa shape index (κ3) is 4.02. The fraction of sp³-hybridized carbons (Fsp3) is 0.0588. The van der Waals surface area contributed by atoms with Gasteiger partial charge in [-0.25, -0.2) is 5.43 Å². The van der Waals surface area contributed by atoms with Gasteiger partial charge in [-0.3, -0.25) is 14.6 Å². The first kappa shape index (κ1) is 15.8. The maximum absolute atomic E-state index is 11.8. The average molecular weight is 338 g/mol. The highest BCUT2D eigenvalue weighted by Gasteiger charge is 2.03. The van der Waals surface area contributed by atoms with Crippen molar-refractivity contribution in [3.05, 3.63) is 74.9 Å². The molecule has 2 aromatic carbocycles. The molecule has 0 unspecified atom stereocenters. The lowest BCUT2D eigenvalue weighted by atomic mass is 10.1. The molecule has 120 valence electrons. The second kappa shape index (κ2) is 7.01. The maximum atomic E-state index is 11.8. The van der Waals surface area contributed by atoms with Gasteiger partial charge in [0.05, 0.1) is 12.6 Å². The number of hydrogen-bond donors (Lipinski definition) is 3. The minimum atomic E-state index is -0.346. The van der Waals surface area contributed by atoms with Gasteiger partial charge in [0, 0.05) is 11.8 Å². The van der Waals surface area contributed by atoms with Gasteiger partial charge in [-0.2, -0.15) is 5.10 Å². The zero-order chi connectivity index (χ0) is 16.9. The lowest BCUT2D eigenvalue weighted by molar-refractivity contribution is -0.120. The Kier molecular flexibility index (Phi) is 4.62. The number of H-pyrrole nitrogens is 2. The summed E-state index contributed by atoms with van der Waals surface area (Å²) in [6, 6.07) is 15.2. The normalized spacial score (nSPS) is 11.0. The summed E-state index contributed by atoms with van der Waals surface area (Å²) >= 11 is 4.86. The zero-order valence-electron chi connectivity index (χ0n) is 12.6. The van der Waals surface area contributed by atoms with Crippen LogP contribution in [0.4, 0.5) is 0 Å². The number of rotatable bonds is 4. The molecule has 0 radical (unpaired) electrons. The van der Waals surface area contributed by atoms with E-state index < -0.39 is 0 Å². The van der Waals surface area contributed by atoms with Crippen LogP contribution in [0.3, 0.4) is 0 Å². The van der Waals surface area contributed by atoms with E-state index in [4.69, 9.17) is 12.2 Å². The highest BCUT2D eigenvalue weighted by atomic mass is 32.1. The van der Waals surface area contributed by atoms with Crippen LogP contribution in [-0.2, 0) is 11.2 Å². The molecule has 0 aliphatic carbocycles. The minimum Gasteiger partial charge on any atom is -0.335 e. The quantitative estimate of drug-likeness (QED) is 0.387. The first-order valence-corrected chi connectivity index (χ1v) is 7.64. The van der Waals surface area contributed by atoms with Crippen molar-refractivity contribution in [2.75, 3.05) is 0 Å². The van der Waals surface area contributed by atoms with Crippen LogP contribution in [-0.4, -0.2) is 22.1 Å². The molecule has 0 saturated heterocycles. The Balaban J connectivity index is 1.65. The average Bonchev–Trinajstić information content (AvgIpc) is 2.53. The number of nitrogens with one attached hydrogen (secondary N) is 3. The summed E-state index contributed by atoms with van der Waals surface area (Å²) in [7, 11) is 0. The number of hydrogen-bond acceptors (Lipinski definition) is 4. The number of aromatic amines is 2. The molecule has 3 aromatic rings. The summed E-state index contributed by atoms with van der Waals surface area (Å²) in [4.78, 5) is 28.3. The molecule has 0 bridgehead atoms. The van der Waals surface area contributed by atoms with Crippen molar-refractivity contribution < 1.29 is 4.79 Å². The molecule has 3 rings (SSSR count). The predicted molar refractivity (Wildman–Crippen MR) is 95.6 cm³/mol. The molecule has 0 aliphatic heterocycles. The lowest BCUT2D eigenvalue weighted by Gasteiger charge is -2.01. The van der Waals surface area contributed by atoms with E-state index in [1.807, 2.05) is 42.5 Å². The topological polar surface area (TPSA) is 90.1 Å². The third-order valence-corrected chi connectivity index (χ3v) is 3.55. The standard InChI is InChI=1S/C17H14N4O2S/c22-15-8-14(19-17(24)20-15)9-16(23)21-18-10-11-5-6-12-3-1-2-4-13(12)7-11/h1-8,10H,9H2,(H,21,23)(H2,19,20,22,24)/b18-10-. The van der Waals surface area contributed by atoms with Crippen LogP contribution in [0.15, 0.2) is 58.4 Å². The number of aromatic nitrogens is 2. The van der Waals surface area contributed by atoms with Crippen molar-refractivity contribution in [2.24, 2.45) is 5.10 Å². The van der Waals surface area contributed by atoms with Crippen LogP contribution in [0.1, 0.15) is 11.3 Å². The molecule has 0 atom stereocenters. The summed E-state index contributed by atoms with van der Waals surface area (Å²) in [5, 5.41) is 6.18. The number of hydrazone groups is 1. The van der Waals surface area contributed by atoms with Crippen molar-refractivity contribution in [1.82, 2.24) is 15.4 Å². The Labute approximate surface area is 142 Å². The second-order valence-electron chi connectivity index (χ2n) is 5.19. The largest absolute Gasteiger partial charge is 0.335 e. The molecule has 0 fully saturated rings. The van der Waals surface area contributed by atoms with Gasteiger partial charge >= 0.3 is 0 Å². The van der Waals surface area contributed by atoms with E-state index in [1.54, 1.807) is 6.21 Å². The summed E-state index contributed by atoms with van der Waals surface area (Å²) in [5.74, 6) is -0.344. The Morgan fingerprint density at radius 1 is 1.12 bits per heavy atom. The van der Waals surface area contributed by atoms with Gasteiger partial charge in [-0.1, -0.05) is 36.4 Å². The molecule has 7 heteroatoms. The zero-order valence-corrected chi connectivity index (χ0v) is 13.4. The van der Waals surface area contributed by atoms with Crippen LogP contribution in [0.25, 0.3) is 10.8 Å². The molecule has 1 heterocycles. The van der Waals surface area contributed by atoms with Crippen molar-refractivity contribution >= 4 is 35.1 Å². The monoisotopic (exact) mass is 338 g/mol. The highest BCUT2D eigenvalue weighted by molar-refractivity contribution is 7.71. The third-order valence-electron chi connectivity index (χ3n) is 3.34. The van der Waals surface area contributed by atoms with E-state index in [2.05, 4.69) is 20.5 Å². The van der Waals surface area contributed by atoms with Gasteiger partial charge < -0.3 is 4.98 Å². The Morgan fingerprint density at radius 2 is 1.92 bits per heavy atom. The van der Waals surface area contributed by atoms with Gasteiger partial charge in [-0.15, -0.1) is 0 Å². The van der Waals surface area contributed by atoms with E-state index >= 15 is 0 Å². The Hall–Kier alpha value is -3.06. The van der Waals surface area contributed by atoms with E-state index in [-0.39, 0.29) is 22.7 Å². The lowest BCUT2D eigenvalue weighted by Crippen LogP contribution is -2.21. The van der Waals surface area contributed by atoms with E-state index in [0.29, 0.717) is 5.69 Å². The molecule has 3 N–H and O–H groups in total. The van der Waals surface area contributed by atoms with Crippen molar-refractivity contribution in [2.45, 2.75) is 6.42 Å². The first-order chi connectivity index (χ1) is 11.6. The number of carbonyl (C=O) groups excluding carboxylic acids is 1. The Bertz CT molecular complexity index is 1010. The molecule has 0 saturated carbocycles. The fourth-order valence-corrected chi connectivity index (χ4v) is 2.53. The maximum Gasteiger partial charge on any atom is 0.251 e. The molecular weight excluding hydrogens is 324 g/mol. The molecule has 0 spiro atoms. The van der Waals surface area contributed by atoms with E-state index in [0.717, 1.165) is 16.3 Å². The number of carbonyl (C=O) groups is 1. The summed E-state index contributed by atoms with van der Waals surface area (Å²) in [6.45, 7) is 0. The molecular formula is C17H14N4O2S. The van der Waals surface area contributed by atoms with Crippen LogP contribution in [0.5, 0.6) is 0 Å². The summed E-state index contributed by atoms with van der Waals surface area (Å²) in [6.07, 6.45) is 1.56. The van der Waals surface area contributed by atoms with E-state index in [9.17, 15) is 9.59 Å². The first-order valence-electron chi connectivity index (χ1n) is 7.23. The molecule has 24 heavy (non-hydrogen) atoms. The van der Waals surface area contributed by atoms with Crippen molar-refractivity contribution in [1.29, 1.82) is 0 Å². The van der Waals surface area contributed by atoms with Crippen LogP contribution in [0.2, 0.25) is 0 Å². The van der Waals surface area contributed by atoms with Gasteiger partial charge in [0.2, 0.25) is 5.91 Å².